The summed E-state index contributed by atoms with van der Waals surface area (Å²) in [5.41, 5.74) is -1.16. The number of rotatable bonds is 7. The molecule has 162 valence electrons. The number of amides is 1. The molecule has 0 aromatic heterocycles. The summed E-state index contributed by atoms with van der Waals surface area (Å²) >= 11 is 0. The number of carbonyl (C=O) groups is 1. The van der Waals surface area contributed by atoms with E-state index in [-0.39, 0.29) is 30.5 Å². The van der Waals surface area contributed by atoms with Crippen LogP contribution in [-0.4, -0.2) is 62.2 Å². The second kappa shape index (κ2) is 10.7. The first-order valence-electron chi connectivity index (χ1n) is 8.72. The predicted molar refractivity (Wildman–Crippen MR) is 122 cm³/mol. The van der Waals surface area contributed by atoms with Crippen molar-refractivity contribution in [3.8, 4) is 0 Å². The van der Waals surface area contributed by atoms with Gasteiger partial charge in [0.05, 0.1) is 16.8 Å². The van der Waals surface area contributed by atoms with E-state index >= 15 is 0 Å². The quantitative estimate of drug-likeness (QED) is 0.270. The summed E-state index contributed by atoms with van der Waals surface area (Å²) in [5.74, 6) is 0.489. The van der Waals surface area contributed by atoms with Crippen LogP contribution in [0.1, 0.15) is 55.4 Å². The van der Waals surface area contributed by atoms with Crippen molar-refractivity contribution in [3.05, 3.63) is 0 Å². The molecule has 3 N–H and O–H groups in total. The Hall–Kier alpha value is -0.780. The highest BCUT2D eigenvalue weighted by Crippen LogP contribution is 2.15. The average Bonchev–Trinajstić information content (AvgIpc) is 2.37. The van der Waals surface area contributed by atoms with Crippen molar-refractivity contribution in [1.29, 1.82) is 0 Å². The lowest BCUT2D eigenvalue weighted by Crippen LogP contribution is -2.54. The van der Waals surface area contributed by atoms with E-state index in [1.807, 2.05) is 20.8 Å². The highest BCUT2D eigenvalue weighted by Gasteiger charge is 2.30. The molecular weight excluding hydrogens is 483 g/mol. The lowest BCUT2D eigenvalue weighted by Gasteiger charge is -2.29. The van der Waals surface area contributed by atoms with Gasteiger partial charge >= 0.3 is 6.09 Å². The van der Waals surface area contributed by atoms with Gasteiger partial charge in [0.1, 0.15) is 5.60 Å². The Morgan fingerprint density at radius 3 is 1.96 bits per heavy atom. The SMILES string of the molecule is CCNC(=NCC(C)(C)S(C)(=O)=O)NCC(C)(C)NC(=O)OC(C)(C)C.I. The Morgan fingerprint density at radius 2 is 1.56 bits per heavy atom. The van der Waals surface area contributed by atoms with Gasteiger partial charge in [0.15, 0.2) is 15.8 Å². The van der Waals surface area contributed by atoms with E-state index < -0.39 is 31.8 Å². The predicted octanol–water partition coefficient (Wildman–Crippen LogP) is 2.29. The van der Waals surface area contributed by atoms with E-state index in [2.05, 4.69) is 20.9 Å². The third-order valence-electron chi connectivity index (χ3n) is 3.50. The molecule has 0 aromatic rings. The maximum absolute atomic E-state index is 11.9. The van der Waals surface area contributed by atoms with Gasteiger partial charge in [0.25, 0.3) is 0 Å². The second-order valence-corrected chi connectivity index (χ2v) is 11.2. The minimum atomic E-state index is -3.23. The number of guanidine groups is 1. The standard InChI is InChI=1S/C17H36N4O4S.HI/c1-10-18-13(20-12-17(7,8)26(9,23)24)19-11-16(5,6)21-14(22)25-15(2,3)4;/h10-12H2,1-9H3,(H,21,22)(H2,18,19,20);1H. The molecule has 0 radical (unpaired) electrons. The molecule has 0 atom stereocenters. The van der Waals surface area contributed by atoms with Crippen molar-refractivity contribution < 1.29 is 17.9 Å². The molecule has 0 aliphatic rings. The summed E-state index contributed by atoms with van der Waals surface area (Å²) < 4.78 is 27.9. The largest absolute Gasteiger partial charge is 0.444 e. The zero-order valence-corrected chi connectivity index (χ0v) is 21.2. The monoisotopic (exact) mass is 520 g/mol. The van der Waals surface area contributed by atoms with Crippen molar-refractivity contribution in [2.45, 2.75) is 71.3 Å². The van der Waals surface area contributed by atoms with Gasteiger partial charge in [-0.25, -0.2) is 13.2 Å². The number of hydrogen-bond donors (Lipinski definition) is 3. The van der Waals surface area contributed by atoms with E-state index in [0.717, 1.165) is 0 Å². The lowest BCUT2D eigenvalue weighted by molar-refractivity contribution is 0.0474. The van der Waals surface area contributed by atoms with Crippen molar-refractivity contribution in [3.63, 3.8) is 0 Å². The van der Waals surface area contributed by atoms with Gasteiger partial charge < -0.3 is 20.7 Å². The molecular formula is C17H37IN4O4S. The zero-order valence-electron chi connectivity index (χ0n) is 18.0. The van der Waals surface area contributed by atoms with Gasteiger partial charge in [-0.05, 0) is 55.4 Å². The fraction of sp³-hybridized carbons (Fsp3) is 0.882. The lowest BCUT2D eigenvalue weighted by atomic mass is 10.1. The molecule has 0 saturated carbocycles. The molecule has 0 fully saturated rings. The molecule has 0 heterocycles. The van der Waals surface area contributed by atoms with Crippen LogP contribution in [-0.2, 0) is 14.6 Å². The number of nitrogens with zero attached hydrogens (tertiary/aromatic N) is 1. The molecule has 1 amide bonds. The summed E-state index contributed by atoms with van der Waals surface area (Å²) in [4.78, 5) is 16.3. The maximum atomic E-state index is 11.9. The minimum absolute atomic E-state index is 0. The maximum Gasteiger partial charge on any atom is 0.408 e. The van der Waals surface area contributed by atoms with Crippen molar-refractivity contribution in [1.82, 2.24) is 16.0 Å². The highest BCUT2D eigenvalue weighted by molar-refractivity contribution is 14.0. The number of ether oxygens (including phenoxy) is 1. The van der Waals surface area contributed by atoms with Gasteiger partial charge in [0, 0.05) is 19.3 Å². The smallest absolute Gasteiger partial charge is 0.408 e. The first-order valence-corrected chi connectivity index (χ1v) is 10.6. The first-order chi connectivity index (χ1) is 11.5. The summed E-state index contributed by atoms with van der Waals surface area (Å²) in [6.07, 6.45) is 0.709. The normalized spacial score (nSPS) is 13.4. The summed E-state index contributed by atoms with van der Waals surface area (Å²) in [5, 5.41) is 9.00. The molecule has 0 aliphatic carbocycles. The van der Waals surface area contributed by atoms with Crippen LogP contribution in [0.2, 0.25) is 0 Å². The van der Waals surface area contributed by atoms with Gasteiger partial charge in [0.2, 0.25) is 0 Å². The van der Waals surface area contributed by atoms with Crippen LogP contribution < -0.4 is 16.0 Å². The molecule has 8 nitrogen and oxygen atoms in total. The number of hydrogen-bond acceptors (Lipinski definition) is 5. The minimum Gasteiger partial charge on any atom is -0.444 e. The fourth-order valence-corrected chi connectivity index (χ4v) is 1.96. The van der Waals surface area contributed by atoms with Crippen LogP contribution in [0.4, 0.5) is 4.79 Å². The molecule has 0 aromatic carbocycles. The van der Waals surface area contributed by atoms with E-state index in [4.69, 9.17) is 4.74 Å². The molecule has 10 heteroatoms. The average molecular weight is 520 g/mol. The Labute approximate surface area is 181 Å². The van der Waals surface area contributed by atoms with Gasteiger partial charge in [-0.15, -0.1) is 24.0 Å². The molecule has 0 spiro atoms. The second-order valence-electron chi connectivity index (χ2n) is 8.59. The number of halogens is 1. The first kappa shape index (κ1) is 28.4. The molecule has 0 rings (SSSR count). The van der Waals surface area contributed by atoms with Crippen LogP contribution in [0, 0.1) is 0 Å². The van der Waals surface area contributed by atoms with Crippen LogP contribution >= 0.6 is 24.0 Å². The Bertz CT molecular complexity index is 611. The third-order valence-corrected chi connectivity index (χ3v) is 5.64. The number of nitrogens with one attached hydrogen (secondary N) is 3. The van der Waals surface area contributed by atoms with Crippen LogP contribution in [0.15, 0.2) is 4.99 Å². The summed E-state index contributed by atoms with van der Waals surface area (Å²) in [7, 11) is -3.23. The van der Waals surface area contributed by atoms with E-state index in [9.17, 15) is 13.2 Å². The number of aliphatic imine (C=N–C) groups is 1. The van der Waals surface area contributed by atoms with E-state index in [1.54, 1.807) is 34.6 Å². The van der Waals surface area contributed by atoms with Crippen molar-refractivity contribution in [2.24, 2.45) is 4.99 Å². The molecule has 0 bridgehead atoms. The van der Waals surface area contributed by atoms with Gasteiger partial charge in [-0.1, -0.05) is 0 Å². The molecule has 0 unspecified atom stereocenters. The van der Waals surface area contributed by atoms with Crippen LogP contribution in [0.3, 0.4) is 0 Å². The van der Waals surface area contributed by atoms with Crippen LogP contribution in [0.5, 0.6) is 0 Å². The zero-order chi connectivity index (χ0) is 20.8. The van der Waals surface area contributed by atoms with E-state index in [1.165, 1.54) is 6.26 Å². The number of sulfone groups is 1. The Kier molecular flexibility index (Phi) is 11.2. The Balaban J connectivity index is 0. The summed E-state index contributed by atoms with van der Waals surface area (Å²) in [6.45, 7) is 15.5. The highest BCUT2D eigenvalue weighted by atomic mass is 127. The van der Waals surface area contributed by atoms with Gasteiger partial charge in [-0.2, -0.15) is 0 Å². The Morgan fingerprint density at radius 1 is 1.04 bits per heavy atom. The molecule has 0 aliphatic heterocycles. The van der Waals surface area contributed by atoms with E-state index in [0.29, 0.717) is 19.0 Å². The molecule has 27 heavy (non-hydrogen) atoms. The number of carbonyl (C=O) groups excluding carboxylic acids is 1. The molecule has 0 saturated heterocycles. The number of alkyl carbamates (subject to hydrolysis) is 1. The summed E-state index contributed by atoms with van der Waals surface area (Å²) in [6, 6.07) is 0. The topological polar surface area (TPSA) is 109 Å². The van der Waals surface area contributed by atoms with Crippen LogP contribution in [0.25, 0.3) is 0 Å². The van der Waals surface area contributed by atoms with Crippen molar-refractivity contribution >= 4 is 45.9 Å². The van der Waals surface area contributed by atoms with Gasteiger partial charge in [-0.3, -0.25) is 4.99 Å². The fourth-order valence-electron chi connectivity index (χ4n) is 1.66. The van der Waals surface area contributed by atoms with Crippen molar-refractivity contribution in [2.75, 3.05) is 25.9 Å². The third kappa shape index (κ3) is 12.3.